The highest BCUT2D eigenvalue weighted by molar-refractivity contribution is 5.98. The summed E-state index contributed by atoms with van der Waals surface area (Å²) in [7, 11) is 0. The monoisotopic (exact) mass is 185 g/mol. The first-order valence-corrected chi connectivity index (χ1v) is 4.89. The van der Waals surface area contributed by atoms with Crippen molar-refractivity contribution in [3.8, 4) is 0 Å². The summed E-state index contributed by atoms with van der Waals surface area (Å²) in [5.41, 5.74) is -0.344. The van der Waals surface area contributed by atoms with Gasteiger partial charge in [-0.2, -0.15) is 0 Å². The minimum absolute atomic E-state index is 0.147. The molecule has 1 spiro atoms. The van der Waals surface area contributed by atoms with Crippen molar-refractivity contribution in [2.24, 2.45) is 5.41 Å². The first-order chi connectivity index (χ1) is 6.80. The van der Waals surface area contributed by atoms with Crippen LogP contribution in [-0.2, 0) is 4.79 Å². The molecule has 0 radical (unpaired) electrons. The van der Waals surface area contributed by atoms with Gasteiger partial charge in [-0.05, 0) is 16.9 Å². The molecule has 1 heterocycles. The van der Waals surface area contributed by atoms with Crippen LogP contribution in [0.25, 0.3) is 12.2 Å². The van der Waals surface area contributed by atoms with Gasteiger partial charge in [-0.25, -0.2) is 0 Å². The Morgan fingerprint density at radius 3 is 2.29 bits per heavy atom. The summed E-state index contributed by atoms with van der Waals surface area (Å²) in [5, 5.41) is 5.26. The summed E-state index contributed by atoms with van der Waals surface area (Å²) in [5.74, 6) is 0.147. The molecule has 0 saturated carbocycles. The molecule has 0 aromatic heterocycles. The average molecular weight is 185 g/mol. The van der Waals surface area contributed by atoms with Crippen molar-refractivity contribution in [3.63, 3.8) is 0 Å². The average Bonchev–Trinajstić information content (AvgIpc) is 2.71. The van der Waals surface area contributed by atoms with Gasteiger partial charge in [-0.3, -0.25) is 4.79 Å². The maximum atomic E-state index is 11.7. The molecular formula is C12H11NO. The summed E-state index contributed by atoms with van der Waals surface area (Å²) < 4.78 is 0. The van der Waals surface area contributed by atoms with Gasteiger partial charge in [-0.15, -0.1) is 0 Å². The molecule has 70 valence electrons. The molecule has 1 amide bonds. The van der Waals surface area contributed by atoms with E-state index in [1.807, 2.05) is 12.1 Å². The van der Waals surface area contributed by atoms with Crippen LogP contribution in [0.3, 0.4) is 0 Å². The van der Waals surface area contributed by atoms with Crippen molar-refractivity contribution in [1.82, 2.24) is 5.32 Å². The van der Waals surface area contributed by atoms with Crippen LogP contribution in [0.1, 0.15) is 6.42 Å². The number of fused-ring (bicyclic) bond motifs is 1. The first-order valence-electron chi connectivity index (χ1n) is 4.89. The van der Waals surface area contributed by atoms with Crippen molar-refractivity contribution >= 4 is 18.1 Å². The van der Waals surface area contributed by atoms with Crippen molar-refractivity contribution in [1.29, 1.82) is 0 Å². The Kier molecular flexibility index (Phi) is 1.38. The number of amides is 1. The number of hydrogen-bond donors (Lipinski definition) is 1. The fourth-order valence-electron chi connectivity index (χ4n) is 2.31. The maximum Gasteiger partial charge on any atom is 0.234 e. The van der Waals surface area contributed by atoms with Crippen LogP contribution in [0.15, 0.2) is 24.3 Å². The Morgan fingerprint density at radius 2 is 1.79 bits per heavy atom. The Morgan fingerprint density at radius 1 is 1.14 bits per heavy atom. The van der Waals surface area contributed by atoms with E-state index in [2.05, 4.69) is 29.6 Å². The quantitative estimate of drug-likeness (QED) is 0.594. The van der Waals surface area contributed by atoms with E-state index in [4.69, 9.17) is 0 Å². The van der Waals surface area contributed by atoms with Gasteiger partial charge in [0.2, 0.25) is 5.91 Å². The van der Waals surface area contributed by atoms with E-state index in [0.29, 0.717) is 0 Å². The minimum Gasteiger partial charge on any atom is -0.355 e. The highest BCUT2D eigenvalue weighted by atomic mass is 16.2. The smallest absolute Gasteiger partial charge is 0.234 e. The summed E-state index contributed by atoms with van der Waals surface area (Å²) in [6, 6.07) is 8.14. The second-order valence-electron chi connectivity index (χ2n) is 3.96. The van der Waals surface area contributed by atoms with Gasteiger partial charge in [0, 0.05) is 6.54 Å². The molecule has 2 aliphatic rings. The molecule has 0 atom stereocenters. The SMILES string of the molecule is O=C1NCCC12C=c1ccccc1=C2. The number of carbonyl (C=O) groups excluding carboxylic acids is 1. The van der Waals surface area contributed by atoms with Crippen molar-refractivity contribution in [2.75, 3.05) is 6.54 Å². The van der Waals surface area contributed by atoms with Gasteiger partial charge in [0.15, 0.2) is 0 Å². The molecule has 1 fully saturated rings. The number of benzene rings is 1. The van der Waals surface area contributed by atoms with Crippen LogP contribution in [0.5, 0.6) is 0 Å². The van der Waals surface area contributed by atoms with E-state index in [1.165, 1.54) is 10.4 Å². The lowest BCUT2D eigenvalue weighted by atomic mass is 9.88. The lowest BCUT2D eigenvalue weighted by molar-refractivity contribution is -0.122. The van der Waals surface area contributed by atoms with Crippen LogP contribution in [-0.4, -0.2) is 12.5 Å². The number of hydrogen-bond acceptors (Lipinski definition) is 1. The van der Waals surface area contributed by atoms with Gasteiger partial charge < -0.3 is 5.32 Å². The standard InChI is InChI=1S/C12H11NO/c14-11-12(5-6-13-11)7-9-3-1-2-4-10(9)8-12/h1-4,7-8H,5-6H2,(H,13,14). The van der Waals surface area contributed by atoms with Crippen LogP contribution < -0.4 is 15.8 Å². The second-order valence-corrected chi connectivity index (χ2v) is 3.96. The van der Waals surface area contributed by atoms with Crippen LogP contribution in [0.2, 0.25) is 0 Å². The van der Waals surface area contributed by atoms with Crippen molar-refractivity contribution in [3.05, 3.63) is 34.7 Å². The highest BCUT2D eigenvalue weighted by Gasteiger charge is 2.39. The second kappa shape index (κ2) is 2.47. The van der Waals surface area contributed by atoms with Crippen molar-refractivity contribution < 1.29 is 4.79 Å². The topological polar surface area (TPSA) is 29.1 Å². The zero-order valence-corrected chi connectivity index (χ0v) is 7.79. The number of carbonyl (C=O) groups is 1. The van der Waals surface area contributed by atoms with Gasteiger partial charge in [-0.1, -0.05) is 36.4 Å². The molecule has 1 saturated heterocycles. The largest absolute Gasteiger partial charge is 0.355 e. The normalized spacial score (nSPS) is 21.3. The summed E-state index contributed by atoms with van der Waals surface area (Å²) in [6.07, 6.45) is 5.07. The van der Waals surface area contributed by atoms with E-state index in [-0.39, 0.29) is 11.3 Å². The third-order valence-corrected chi connectivity index (χ3v) is 3.07. The summed E-state index contributed by atoms with van der Waals surface area (Å²) >= 11 is 0. The number of nitrogens with one attached hydrogen (secondary N) is 1. The summed E-state index contributed by atoms with van der Waals surface area (Å²) in [4.78, 5) is 11.7. The first kappa shape index (κ1) is 7.80. The van der Waals surface area contributed by atoms with Gasteiger partial charge in [0.1, 0.15) is 0 Å². The molecule has 1 aliphatic heterocycles. The van der Waals surface area contributed by atoms with Crippen LogP contribution in [0.4, 0.5) is 0 Å². The molecule has 14 heavy (non-hydrogen) atoms. The lowest BCUT2D eigenvalue weighted by Crippen LogP contribution is -2.26. The third kappa shape index (κ3) is 0.882. The van der Waals surface area contributed by atoms with Gasteiger partial charge in [0.05, 0.1) is 5.41 Å². The van der Waals surface area contributed by atoms with Gasteiger partial charge >= 0.3 is 0 Å². The molecule has 2 heteroatoms. The highest BCUT2D eigenvalue weighted by Crippen LogP contribution is 2.31. The molecule has 3 rings (SSSR count). The van der Waals surface area contributed by atoms with E-state index >= 15 is 0 Å². The van der Waals surface area contributed by atoms with E-state index in [0.717, 1.165) is 13.0 Å². The maximum absolute atomic E-state index is 11.7. The van der Waals surface area contributed by atoms with Crippen molar-refractivity contribution in [2.45, 2.75) is 6.42 Å². The van der Waals surface area contributed by atoms with E-state index in [1.54, 1.807) is 0 Å². The molecule has 1 aromatic carbocycles. The molecular weight excluding hydrogens is 174 g/mol. The van der Waals surface area contributed by atoms with E-state index in [9.17, 15) is 4.79 Å². The minimum atomic E-state index is -0.344. The third-order valence-electron chi connectivity index (χ3n) is 3.07. The molecule has 1 N–H and O–H groups in total. The predicted octanol–water partition coefficient (Wildman–Crippen LogP) is -0.233. The molecule has 0 unspecified atom stereocenters. The van der Waals surface area contributed by atoms with E-state index < -0.39 is 0 Å². The fraction of sp³-hybridized carbons (Fsp3) is 0.250. The van der Waals surface area contributed by atoms with Crippen LogP contribution >= 0.6 is 0 Å². The van der Waals surface area contributed by atoms with Gasteiger partial charge in [0.25, 0.3) is 0 Å². The summed E-state index contributed by atoms with van der Waals surface area (Å²) in [6.45, 7) is 0.791. The Hall–Kier alpha value is -1.57. The zero-order chi connectivity index (χ0) is 9.60. The Labute approximate surface area is 81.9 Å². The number of rotatable bonds is 0. The Balaban J connectivity index is 2.27. The molecule has 0 bridgehead atoms. The lowest BCUT2D eigenvalue weighted by Gasteiger charge is -2.12. The molecule has 1 aromatic rings. The predicted molar refractivity (Wildman–Crippen MR) is 54.7 cm³/mol. The molecule has 2 nitrogen and oxygen atoms in total. The Bertz CT molecular complexity index is 480. The molecule has 1 aliphatic carbocycles. The van der Waals surface area contributed by atoms with Crippen LogP contribution in [0, 0.1) is 5.41 Å². The fourth-order valence-corrected chi connectivity index (χ4v) is 2.31. The zero-order valence-electron chi connectivity index (χ0n) is 7.79.